The van der Waals surface area contributed by atoms with Crippen LogP contribution in [0.5, 0.6) is 0 Å². The van der Waals surface area contributed by atoms with Crippen LogP contribution in [0, 0.1) is 6.92 Å². The van der Waals surface area contributed by atoms with E-state index >= 15 is 0 Å². The molecule has 0 spiro atoms. The molecule has 0 aliphatic carbocycles. The van der Waals surface area contributed by atoms with Gasteiger partial charge in [0.2, 0.25) is 5.49 Å². The van der Waals surface area contributed by atoms with Crippen molar-refractivity contribution in [1.82, 2.24) is 4.48 Å². The highest BCUT2D eigenvalue weighted by molar-refractivity contribution is 6.29. The van der Waals surface area contributed by atoms with Gasteiger partial charge in [0, 0.05) is 22.5 Å². The molecule has 3 nitrogen and oxygen atoms in total. The molecule has 1 aliphatic rings. The Labute approximate surface area is 157 Å². The maximum Gasteiger partial charge on any atom is 0.555 e. The van der Waals surface area contributed by atoms with E-state index in [0.29, 0.717) is 0 Å². The van der Waals surface area contributed by atoms with Crippen molar-refractivity contribution in [2.24, 2.45) is 4.99 Å². The Morgan fingerprint density at radius 1 is 0.852 bits per heavy atom. The number of nitrogens with zero attached hydrogens (tertiary/aromatic N) is 3. The van der Waals surface area contributed by atoms with Crippen LogP contribution in [0.3, 0.4) is 0 Å². The van der Waals surface area contributed by atoms with Crippen LogP contribution in [0.25, 0.3) is 32.9 Å². The molecular formula is C23H16BN3+. The number of pyridine rings is 1. The molecule has 0 N–H and O–H groups in total. The Bertz CT molecular complexity index is 1390. The Morgan fingerprint density at radius 2 is 1.63 bits per heavy atom. The first-order chi connectivity index (χ1) is 13.3. The minimum Gasteiger partial charge on any atom is -0.307 e. The van der Waals surface area contributed by atoms with E-state index in [1.54, 1.807) is 0 Å². The summed E-state index contributed by atoms with van der Waals surface area (Å²) in [6, 6.07) is 27.8. The molecule has 27 heavy (non-hydrogen) atoms. The lowest BCUT2D eigenvalue weighted by Crippen LogP contribution is -2.52. The van der Waals surface area contributed by atoms with Gasteiger partial charge in [-0.3, -0.25) is 4.48 Å². The van der Waals surface area contributed by atoms with Gasteiger partial charge in [0.05, 0.1) is 5.39 Å². The minimum absolute atomic E-state index is 0.948. The summed E-state index contributed by atoms with van der Waals surface area (Å²) in [5.74, 6) is 0.948. The van der Waals surface area contributed by atoms with Gasteiger partial charge in [0.25, 0.3) is 0 Å². The molecule has 125 valence electrons. The number of rotatable bonds is 1. The van der Waals surface area contributed by atoms with Gasteiger partial charge in [-0.1, -0.05) is 54.1 Å². The summed E-state index contributed by atoms with van der Waals surface area (Å²) in [4.78, 5) is 5.03. The molecule has 0 bridgehead atoms. The molecule has 2 aromatic heterocycles. The van der Waals surface area contributed by atoms with E-state index in [-0.39, 0.29) is 0 Å². The molecular weight excluding hydrogens is 329 g/mol. The molecule has 0 amide bonds. The van der Waals surface area contributed by atoms with Crippen LogP contribution in [0.4, 0.5) is 5.82 Å². The summed E-state index contributed by atoms with van der Waals surface area (Å²) in [6.45, 7) is 2.11. The highest BCUT2D eigenvalue weighted by Crippen LogP contribution is 2.27. The van der Waals surface area contributed by atoms with E-state index in [4.69, 9.17) is 4.99 Å². The average molecular weight is 345 g/mol. The third-order valence-electron chi connectivity index (χ3n) is 5.42. The van der Waals surface area contributed by atoms with Gasteiger partial charge in [-0.25, -0.2) is 0 Å². The van der Waals surface area contributed by atoms with Crippen molar-refractivity contribution in [2.45, 2.75) is 6.92 Å². The van der Waals surface area contributed by atoms with Crippen molar-refractivity contribution in [2.75, 3.05) is 0 Å². The van der Waals surface area contributed by atoms with Crippen molar-refractivity contribution in [3.63, 3.8) is 0 Å². The molecule has 1 aliphatic heterocycles. The SMILES string of the molecule is Cc1ccc(-c2cccc3[n+]2[B]n2c(c4cccc5cccc2c54)=N3)cc1. The standard InChI is InChI=1S/C23H16BN3/c1-15-11-13-16(14-12-15)19-8-4-10-21-25-23-18-7-2-5-17-6-3-9-20(22(17)18)27(23)24-26(19)21/h2-14H,1H3/q+1. The number of aromatic nitrogens is 2. The molecule has 5 aromatic rings. The molecule has 3 heterocycles. The summed E-state index contributed by atoms with van der Waals surface area (Å²) in [5.41, 5.74) is 5.78. The van der Waals surface area contributed by atoms with E-state index in [9.17, 15) is 0 Å². The molecule has 0 fully saturated rings. The zero-order valence-electron chi connectivity index (χ0n) is 14.9. The quantitative estimate of drug-likeness (QED) is 0.402. The molecule has 0 atom stereocenters. The highest BCUT2D eigenvalue weighted by atomic mass is 15.2. The second kappa shape index (κ2) is 5.30. The number of benzene rings is 3. The molecule has 3 aromatic carbocycles. The van der Waals surface area contributed by atoms with Crippen molar-refractivity contribution >= 4 is 35.0 Å². The van der Waals surface area contributed by atoms with Gasteiger partial charge >= 0.3 is 13.4 Å². The van der Waals surface area contributed by atoms with E-state index in [2.05, 4.69) is 102 Å². The van der Waals surface area contributed by atoms with E-state index in [0.717, 1.165) is 17.0 Å². The molecule has 0 saturated carbocycles. The topological polar surface area (TPSA) is 21.2 Å². The third-order valence-corrected chi connectivity index (χ3v) is 5.42. The smallest absolute Gasteiger partial charge is 0.307 e. The lowest BCUT2D eigenvalue weighted by molar-refractivity contribution is -0.506. The lowest BCUT2D eigenvalue weighted by Gasteiger charge is -2.12. The predicted molar refractivity (Wildman–Crippen MR) is 109 cm³/mol. The summed E-state index contributed by atoms with van der Waals surface area (Å²) >= 11 is 0. The predicted octanol–water partition coefficient (Wildman–Crippen LogP) is 3.97. The molecule has 0 unspecified atom stereocenters. The fraction of sp³-hybridized carbons (Fsp3) is 0.0435. The Balaban J connectivity index is 1.67. The van der Waals surface area contributed by atoms with Crippen LogP contribution in [-0.2, 0) is 0 Å². The Kier molecular flexibility index (Phi) is 2.90. The largest absolute Gasteiger partial charge is 0.555 e. The van der Waals surface area contributed by atoms with Crippen LogP contribution in [0.1, 0.15) is 5.56 Å². The fourth-order valence-electron chi connectivity index (χ4n) is 4.09. The zero-order chi connectivity index (χ0) is 18.0. The normalized spacial score (nSPS) is 12.5. The van der Waals surface area contributed by atoms with Gasteiger partial charge in [-0.15, -0.1) is 0 Å². The van der Waals surface area contributed by atoms with Crippen molar-refractivity contribution in [3.8, 4) is 11.3 Å². The zero-order valence-corrected chi connectivity index (χ0v) is 14.9. The summed E-state index contributed by atoms with van der Waals surface area (Å²) in [6.07, 6.45) is 0. The van der Waals surface area contributed by atoms with Gasteiger partial charge in [-0.2, -0.15) is 0 Å². The molecule has 4 heteroatoms. The monoisotopic (exact) mass is 345 g/mol. The number of fused-ring (bicyclic) bond motifs is 4. The van der Waals surface area contributed by atoms with E-state index in [1.165, 1.54) is 32.8 Å². The summed E-state index contributed by atoms with van der Waals surface area (Å²) in [7, 11) is 2.17. The minimum atomic E-state index is 0.948. The maximum absolute atomic E-state index is 5.03. The van der Waals surface area contributed by atoms with Gasteiger partial charge in [-0.05, 0) is 41.6 Å². The number of hydrogen-bond acceptors (Lipinski definition) is 1. The average Bonchev–Trinajstić information content (AvgIpc) is 3.02. The summed E-state index contributed by atoms with van der Waals surface area (Å²) < 4.78 is 4.39. The number of hydrogen-bond donors (Lipinski definition) is 0. The van der Waals surface area contributed by atoms with Crippen LogP contribution in [0.15, 0.2) is 83.9 Å². The molecule has 6 rings (SSSR count). The van der Waals surface area contributed by atoms with Crippen LogP contribution < -0.4 is 9.97 Å². The summed E-state index contributed by atoms with van der Waals surface area (Å²) in [5, 5.41) is 3.73. The maximum atomic E-state index is 5.03. The van der Waals surface area contributed by atoms with Crippen LogP contribution in [0.2, 0.25) is 0 Å². The molecule has 1 radical (unpaired) electrons. The van der Waals surface area contributed by atoms with E-state index < -0.39 is 0 Å². The Morgan fingerprint density at radius 3 is 2.48 bits per heavy atom. The first-order valence-electron chi connectivity index (χ1n) is 9.16. The first kappa shape index (κ1) is 14.7. The highest BCUT2D eigenvalue weighted by Gasteiger charge is 2.28. The van der Waals surface area contributed by atoms with Crippen LogP contribution in [-0.4, -0.2) is 12.0 Å². The van der Waals surface area contributed by atoms with Crippen molar-refractivity contribution in [1.29, 1.82) is 0 Å². The third kappa shape index (κ3) is 2.04. The lowest BCUT2D eigenvalue weighted by atomic mass is 10.0. The fourth-order valence-corrected chi connectivity index (χ4v) is 4.09. The van der Waals surface area contributed by atoms with Gasteiger partial charge in [0.15, 0.2) is 0 Å². The van der Waals surface area contributed by atoms with Crippen molar-refractivity contribution in [3.05, 3.63) is 89.9 Å². The number of aryl methyl sites for hydroxylation is 1. The van der Waals surface area contributed by atoms with Gasteiger partial charge in [0.1, 0.15) is 5.69 Å². The van der Waals surface area contributed by atoms with E-state index in [1.807, 2.05) is 0 Å². The second-order valence-corrected chi connectivity index (χ2v) is 7.11. The Hall–Kier alpha value is -3.40. The van der Waals surface area contributed by atoms with Crippen LogP contribution >= 0.6 is 0 Å². The van der Waals surface area contributed by atoms with Crippen molar-refractivity contribution < 1.29 is 4.48 Å². The first-order valence-corrected chi connectivity index (χ1v) is 9.16. The second-order valence-electron chi connectivity index (χ2n) is 7.11. The molecule has 0 saturated heterocycles. The van der Waals surface area contributed by atoms with Gasteiger partial charge < -0.3 is 4.48 Å².